The van der Waals surface area contributed by atoms with Gasteiger partial charge in [0.15, 0.2) is 0 Å². The van der Waals surface area contributed by atoms with Gasteiger partial charge in [-0.05, 0) is 41.7 Å². The smallest absolute Gasteiger partial charge is 0.257 e. The molecule has 0 aliphatic rings. The van der Waals surface area contributed by atoms with Crippen LogP contribution < -0.4 is 10.6 Å². The monoisotopic (exact) mass is 373 g/mol. The number of nitrogens with zero attached hydrogens (tertiary/aromatic N) is 1. The number of anilines is 2. The van der Waals surface area contributed by atoms with Gasteiger partial charge in [-0.1, -0.05) is 62.7 Å². The van der Waals surface area contributed by atoms with Gasteiger partial charge in [0.25, 0.3) is 5.91 Å². The molecule has 0 bridgehead atoms. The molecule has 2 N–H and O–H groups in total. The number of carbonyl (C=O) groups is 1. The maximum Gasteiger partial charge on any atom is 0.257 e. The van der Waals surface area contributed by atoms with Crippen molar-refractivity contribution in [1.82, 2.24) is 4.98 Å². The van der Waals surface area contributed by atoms with Gasteiger partial charge < -0.3 is 10.6 Å². The number of rotatable bonds is 5. The maximum absolute atomic E-state index is 12.6. The first-order valence-electron chi connectivity index (χ1n) is 9.48. The van der Waals surface area contributed by atoms with E-state index in [-0.39, 0.29) is 11.3 Å². The molecular weight excluding hydrogens is 346 g/mol. The fourth-order valence-corrected chi connectivity index (χ4v) is 2.83. The molecule has 0 saturated heterocycles. The normalized spacial score (nSPS) is 11.1. The van der Waals surface area contributed by atoms with Gasteiger partial charge in [0.05, 0.1) is 11.3 Å². The molecule has 3 aromatic rings. The van der Waals surface area contributed by atoms with E-state index in [1.54, 1.807) is 12.4 Å². The zero-order chi connectivity index (χ0) is 20.1. The fourth-order valence-electron chi connectivity index (χ4n) is 2.83. The van der Waals surface area contributed by atoms with Gasteiger partial charge >= 0.3 is 0 Å². The van der Waals surface area contributed by atoms with Crippen molar-refractivity contribution in [2.45, 2.75) is 39.7 Å². The molecule has 0 aliphatic heterocycles. The van der Waals surface area contributed by atoms with Crippen molar-refractivity contribution < 1.29 is 4.79 Å². The molecule has 0 fully saturated rings. The first kappa shape index (κ1) is 19.6. The first-order valence-corrected chi connectivity index (χ1v) is 9.48. The number of hydrogen-bond acceptors (Lipinski definition) is 3. The molecule has 28 heavy (non-hydrogen) atoms. The van der Waals surface area contributed by atoms with Crippen LogP contribution >= 0.6 is 0 Å². The van der Waals surface area contributed by atoms with Crippen molar-refractivity contribution in [2.75, 3.05) is 10.6 Å². The maximum atomic E-state index is 12.6. The van der Waals surface area contributed by atoms with Crippen LogP contribution in [0.2, 0.25) is 0 Å². The van der Waals surface area contributed by atoms with Crippen LogP contribution in [0.15, 0.2) is 67.0 Å². The van der Waals surface area contributed by atoms with E-state index >= 15 is 0 Å². The van der Waals surface area contributed by atoms with Crippen molar-refractivity contribution in [3.8, 4) is 0 Å². The zero-order valence-electron chi connectivity index (χ0n) is 16.9. The van der Waals surface area contributed by atoms with Gasteiger partial charge in [0.2, 0.25) is 0 Å². The highest BCUT2D eigenvalue weighted by atomic mass is 16.1. The van der Waals surface area contributed by atoms with Gasteiger partial charge in [0.1, 0.15) is 0 Å². The molecule has 3 rings (SSSR count). The standard InChI is InChI=1S/C24H27N3O/c1-17-5-7-18(8-6-17)14-26-22-13-19(15-25-16-22)23(28)27-21-11-9-20(10-12-21)24(2,3)4/h5-13,15-16,26H,14H2,1-4H3,(H,27,28). The van der Waals surface area contributed by atoms with Crippen LogP contribution in [0.1, 0.15) is 47.8 Å². The Bertz CT molecular complexity index is 939. The van der Waals surface area contributed by atoms with Gasteiger partial charge in [-0.2, -0.15) is 0 Å². The largest absolute Gasteiger partial charge is 0.380 e. The SMILES string of the molecule is Cc1ccc(CNc2cncc(C(=O)Nc3ccc(C(C)(C)C)cc3)c2)cc1. The van der Waals surface area contributed by atoms with E-state index in [2.05, 4.69) is 67.6 Å². The summed E-state index contributed by atoms with van der Waals surface area (Å²) in [5.41, 5.74) is 5.85. The topological polar surface area (TPSA) is 54.0 Å². The number of amides is 1. The summed E-state index contributed by atoms with van der Waals surface area (Å²) in [4.78, 5) is 16.8. The predicted octanol–water partition coefficient (Wildman–Crippen LogP) is 5.55. The number of aromatic nitrogens is 1. The van der Waals surface area contributed by atoms with E-state index < -0.39 is 0 Å². The molecule has 0 unspecified atom stereocenters. The summed E-state index contributed by atoms with van der Waals surface area (Å²) in [5.74, 6) is -0.171. The van der Waals surface area contributed by atoms with E-state index in [9.17, 15) is 4.79 Å². The average molecular weight is 374 g/mol. The Morgan fingerprint density at radius 1 is 0.929 bits per heavy atom. The molecule has 4 nitrogen and oxygen atoms in total. The highest BCUT2D eigenvalue weighted by Crippen LogP contribution is 2.23. The highest BCUT2D eigenvalue weighted by Gasteiger charge is 2.13. The van der Waals surface area contributed by atoms with Crippen molar-refractivity contribution in [1.29, 1.82) is 0 Å². The lowest BCUT2D eigenvalue weighted by atomic mass is 9.87. The number of benzene rings is 2. The third-order valence-electron chi connectivity index (χ3n) is 4.63. The number of aryl methyl sites for hydroxylation is 1. The Morgan fingerprint density at radius 2 is 1.61 bits per heavy atom. The summed E-state index contributed by atoms with van der Waals surface area (Å²) < 4.78 is 0. The number of hydrogen-bond donors (Lipinski definition) is 2. The van der Waals surface area contributed by atoms with Crippen LogP contribution in [0.4, 0.5) is 11.4 Å². The van der Waals surface area contributed by atoms with Crippen LogP contribution in [-0.4, -0.2) is 10.9 Å². The minimum Gasteiger partial charge on any atom is -0.380 e. The van der Waals surface area contributed by atoms with Gasteiger partial charge in [-0.25, -0.2) is 0 Å². The molecule has 2 aromatic carbocycles. The van der Waals surface area contributed by atoms with Crippen LogP contribution in [0, 0.1) is 6.92 Å². The summed E-state index contributed by atoms with van der Waals surface area (Å²) in [6.07, 6.45) is 3.30. The lowest BCUT2D eigenvalue weighted by Gasteiger charge is -2.19. The molecule has 0 radical (unpaired) electrons. The van der Waals surface area contributed by atoms with Crippen molar-refractivity contribution in [3.05, 3.63) is 89.2 Å². The molecule has 4 heteroatoms. The Labute approximate surface area is 167 Å². The van der Waals surface area contributed by atoms with Crippen LogP contribution in [0.3, 0.4) is 0 Å². The molecule has 1 aromatic heterocycles. The average Bonchev–Trinajstić information content (AvgIpc) is 2.67. The Balaban J connectivity index is 1.64. The molecule has 0 saturated carbocycles. The lowest BCUT2D eigenvalue weighted by Crippen LogP contribution is -2.14. The minimum absolute atomic E-state index is 0.0872. The molecule has 144 valence electrons. The Hall–Kier alpha value is -3.14. The van der Waals surface area contributed by atoms with Crippen LogP contribution in [-0.2, 0) is 12.0 Å². The molecule has 0 aliphatic carbocycles. The molecular formula is C24H27N3O. The second-order valence-electron chi connectivity index (χ2n) is 8.08. The summed E-state index contributed by atoms with van der Waals surface area (Å²) in [5, 5.41) is 6.26. The summed E-state index contributed by atoms with van der Waals surface area (Å²) in [7, 11) is 0. The van der Waals surface area contributed by atoms with E-state index in [0.717, 1.165) is 11.4 Å². The quantitative estimate of drug-likeness (QED) is 0.616. The van der Waals surface area contributed by atoms with Gasteiger partial charge in [-0.15, -0.1) is 0 Å². The van der Waals surface area contributed by atoms with Crippen LogP contribution in [0.25, 0.3) is 0 Å². The van der Waals surface area contributed by atoms with E-state index in [0.29, 0.717) is 12.1 Å². The molecule has 0 spiro atoms. The predicted molar refractivity (Wildman–Crippen MR) is 116 cm³/mol. The summed E-state index contributed by atoms with van der Waals surface area (Å²) in [6.45, 7) is 9.26. The number of pyridine rings is 1. The third kappa shape index (κ3) is 5.19. The number of carbonyl (C=O) groups excluding carboxylic acids is 1. The lowest BCUT2D eigenvalue weighted by molar-refractivity contribution is 0.102. The van der Waals surface area contributed by atoms with Crippen molar-refractivity contribution in [2.24, 2.45) is 0 Å². The zero-order valence-corrected chi connectivity index (χ0v) is 16.9. The summed E-state index contributed by atoms with van der Waals surface area (Å²) in [6, 6.07) is 18.1. The Morgan fingerprint density at radius 3 is 2.25 bits per heavy atom. The van der Waals surface area contributed by atoms with E-state index in [4.69, 9.17) is 0 Å². The van der Waals surface area contributed by atoms with Gasteiger partial charge in [0, 0.05) is 24.6 Å². The second kappa shape index (κ2) is 8.26. The molecule has 1 amide bonds. The molecule has 0 atom stereocenters. The molecule has 1 heterocycles. The van der Waals surface area contributed by atoms with E-state index in [1.165, 1.54) is 16.7 Å². The van der Waals surface area contributed by atoms with Crippen molar-refractivity contribution in [3.63, 3.8) is 0 Å². The van der Waals surface area contributed by atoms with Crippen molar-refractivity contribution >= 4 is 17.3 Å². The number of nitrogens with one attached hydrogen (secondary N) is 2. The second-order valence-corrected chi connectivity index (χ2v) is 8.08. The summed E-state index contributed by atoms with van der Waals surface area (Å²) >= 11 is 0. The van der Waals surface area contributed by atoms with Crippen LogP contribution in [0.5, 0.6) is 0 Å². The van der Waals surface area contributed by atoms with Gasteiger partial charge in [-0.3, -0.25) is 9.78 Å². The fraction of sp³-hybridized carbons (Fsp3) is 0.250. The third-order valence-corrected chi connectivity index (χ3v) is 4.63. The first-order chi connectivity index (χ1) is 13.3. The minimum atomic E-state index is -0.171. The Kier molecular flexibility index (Phi) is 5.78. The highest BCUT2D eigenvalue weighted by molar-refractivity contribution is 6.04. The van der Waals surface area contributed by atoms with E-state index in [1.807, 2.05) is 30.3 Å².